The summed E-state index contributed by atoms with van der Waals surface area (Å²) in [5, 5.41) is 3.64. The summed E-state index contributed by atoms with van der Waals surface area (Å²) in [6.07, 6.45) is 3.89. The van der Waals surface area contributed by atoms with Crippen LogP contribution in [-0.2, 0) is 6.42 Å². The highest BCUT2D eigenvalue weighted by atomic mass is 32.2. The van der Waals surface area contributed by atoms with Crippen LogP contribution in [0.3, 0.4) is 0 Å². The van der Waals surface area contributed by atoms with E-state index in [0.29, 0.717) is 0 Å². The Kier molecular flexibility index (Phi) is 4.32. The molecule has 2 unspecified atom stereocenters. The molecule has 0 heterocycles. The second-order valence-corrected chi connectivity index (χ2v) is 6.44. The fourth-order valence-electron chi connectivity index (χ4n) is 3.07. The SMILES string of the molecule is CSc1ccc(C(C)NC2CCc3c(F)cccc32)cc1. The Bertz CT molecular complexity index is 624. The zero-order valence-electron chi connectivity index (χ0n) is 12.4. The molecule has 3 heteroatoms. The topological polar surface area (TPSA) is 12.0 Å². The molecule has 21 heavy (non-hydrogen) atoms. The molecule has 0 radical (unpaired) electrons. The van der Waals surface area contributed by atoms with Gasteiger partial charge in [0.15, 0.2) is 0 Å². The minimum Gasteiger partial charge on any atom is -0.303 e. The van der Waals surface area contributed by atoms with Crippen LogP contribution in [0.1, 0.15) is 42.1 Å². The number of fused-ring (bicyclic) bond motifs is 1. The minimum atomic E-state index is -0.0613. The largest absolute Gasteiger partial charge is 0.303 e. The molecule has 1 aliphatic rings. The average Bonchev–Trinajstić information content (AvgIpc) is 2.92. The zero-order valence-corrected chi connectivity index (χ0v) is 13.2. The average molecular weight is 301 g/mol. The molecule has 2 atom stereocenters. The van der Waals surface area contributed by atoms with E-state index in [9.17, 15) is 4.39 Å². The normalized spacial score (nSPS) is 18.5. The lowest BCUT2D eigenvalue weighted by atomic mass is 10.0. The highest BCUT2D eigenvalue weighted by molar-refractivity contribution is 7.98. The number of halogens is 1. The van der Waals surface area contributed by atoms with Crippen LogP contribution < -0.4 is 5.32 Å². The summed E-state index contributed by atoms with van der Waals surface area (Å²) in [6.45, 7) is 2.17. The Labute approximate surface area is 130 Å². The summed E-state index contributed by atoms with van der Waals surface area (Å²) >= 11 is 1.75. The van der Waals surface area contributed by atoms with Gasteiger partial charge in [-0.1, -0.05) is 24.3 Å². The predicted octanol–water partition coefficient (Wildman–Crippen LogP) is 4.89. The fourth-order valence-corrected chi connectivity index (χ4v) is 3.48. The highest BCUT2D eigenvalue weighted by Crippen LogP contribution is 2.34. The number of hydrogen-bond acceptors (Lipinski definition) is 2. The molecule has 3 rings (SSSR count). The van der Waals surface area contributed by atoms with Gasteiger partial charge in [0, 0.05) is 17.0 Å². The molecule has 2 aromatic carbocycles. The van der Waals surface area contributed by atoms with Crippen molar-refractivity contribution in [2.24, 2.45) is 0 Å². The Morgan fingerprint density at radius 1 is 1.19 bits per heavy atom. The number of hydrogen-bond donors (Lipinski definition) is 1. The van der Waals surface area contributed by atoms with Gasteiger partial charge in [0.1, 0.15) is 5.82 Å². The van der Waals surface area contributed by atoms with Crippen LogP contribution in [0.15, 0.2) is 47.4 Å². The van der Waals surface area contributed by atoms with Crippen LogP contribution in [0.2, 0.25) is 0 Å². The zero-order chi connectivity index (χ0) is 14.8. The first-order valence-electron chi connectivity index (χ1n) is 7.36. The number of rotatable bonds is 4. The standard InChI is InChI=1S/C18H20FNS/c1-12(13-6-8-14(21-2)9-7-13)20-18-11-10-15-16(18)4-3-5-17(15)19/h3-9,12,18,20H,10-11H2,1-2H3. The van der Waals surface area contributed by atoms with Crippen LogP contribution in [0, 0.1) is 5.82 Å². The molecule has 1 aliphatic carbocycles. The second kappa shape index (κ2) is 6.20. The van der Waals surface area contributed by atoms with E-state index < -0.39 is 0 Å². The third-order valence-electron chi connectivity index (χ3n) is 4.28. The Morgan fingerprint density at radius 2 is 1.95 bits per heavy atom. The van der Waals surface area contributed by atoms with E-state index in [-0.39, 0.29) is 17.9 Å². The van der Waals surface area contributed by atoms with Crippen LogP contribution in [0.4, 0.5) is 4.39 Å². The molecule has 0 amide bonds. The fraction of sp³-hybridized carbons (Fsp3) is 0.333. The van der Waals surface area contributed by atoms with E-state index in [1.54, 1.807) is 17.8 Å². The van der Waals surface area contributed by atoms with E-state index in [2.05, 4.69) is 42.8 Å². The lowest BCUT2D eigenvalue weighted by Gasteiger charge is -2.21. The van der Waals surface area contributed by atoms with E-state index in [1.165, 1.54) is 10.5 Å². The van der Waals surface area contributed by atoms with Crippen molar-refractivity contribution in [3.05, 3.63) is 65.0 Å². The van der Waals surface area contributed by atoms with Gasteiger partial charge >= 0.3 is 0 Å². The van der Waals surface area contributed by atoms with Crippen LogP contribution >= 0.6 is 11.8 Å². The van der Waals surface area contributed by atoms with Crippen molar-refractivity contribution in [2.75, 3.05) is 6.26 Å². The lowest BCUT2D eigenvalue weighted by molar-refractivity contribution is 0.465. The maximum Gasteiger partial charge on any atom is 0.126 e. The molecule has 0 bridgehead atoms. The molecule has 110 valence electrons. The van der Waals surface area contributed by atoms with Gasteiger partial charge in [-0.2, -0.15) is 0 Å². The van der Waals surface area contributed by atoms with Gasteiger partial charge in [-0.3, -0.25) is 0 Å². The van der Waals surface area contributed by atoms with Crippen LogP contribution in [-0.4, -0.2) is 6.26 Å². The molecule has 0 fully saturated rings. The Balaban J connectivity index is 1.74. The highest BCUT2D eigenvalue weighted by Gasteiger charge is 2.25. The Morgan fingerprint density at radius 3 is 2.67 bits per heavy atom. The Hall–Kier alpha value is -1.32. The quantitative estimate of drug-likeness (QED) is 0.807. The first-order valence-corrected chi connectivity index (χ1v) is 8.59. The molecule has 2 aromatic rings. The van der Waals surface area contributed by atoms with Crippen LogP contribution in [0.5, 0.6) is 0 Å². The summed E-state index contributed by atoms with van der Waals surface area (Å²) < 4.78 is 13.8. The van der Waals surface area contributed by atoms with Crippen molar-refractivity contribution < 1.29 is 4.39 Å². The van der Waals surface area contributed by atoms with Crippen molar-refractivity contribution in [1.82, 2.24) is 5.32 Å². The van der Waals surface area contributed by atoms with Crippen molar-refractivity contribution in [3.8, 4) is 0 Å². The molecule has 1 nitrogen and oxygen atoms in total. The summed E-state index contributed by atoms with van der Waals surface area (Å²) in [5.41, 5.74) is 3.29. The number of nitrogens with one attached hydrogen (secondary N) is 1. The molecule has 0 saturated heterocycles. The summed E-state index contributed by atoms with van der Waals surface area (Å²) in [4.78, 5) is 1.28. The third-order valence-corrected chi connectivity index (χ3v) is 5.02. The predicted molar refractivity (Wildman–Crippen MR) is 87.2 cm³/mol. The second-order valence-electron chi connectivity index (χ2n) is 5.56. The van der Waals surface area contributed by atoms with E-state index in [4.69, 9.17) is 0 Å². The van der Waals surface area contributed by atoms with E-state index in [1.807, 2.05) is 12.1 Å². The minimum absolute atomic E-state index is 0.0613. The molecule has 0 aliphatic heterocycles. The number of thioether (sulfide) groups is 1. The van der Waals surface area contributed by atoms with Crippen molar-refractivity contribution >= 4 is 11.8 Å². The number of benzene rings is 2. The van der Waals surface area contributed by atoms with Gasteiger partial charge in [0.2, 0.25) is 0 Å². The summed E-state index contributed by atoms with van der Waals surface area (Å²) in [6, 6.07) is 14.6. The van der Waals surface area contributed by atoms with Crippen molar-refractivity contribution in [3.63, 3.8) is 0 Å². The van der Waals surface area contributed by atoms with Gasteiger partial charge in [0.25, 0.3) is 0 Å². The van der Waals surface area contributed by atoms with E-state index in [0.717, 1.165) is 24.0 Å². The van der Waals surface area contributed by atoms with Gasteiger partial charge in [-0.15, -0.1) is 11.8 Å². The van der Waals surface area contributed by atoms with Gasteiger partial charge in [-0.25, -0.2) is 4.39 Å². The first-order chi connectivity index (χ1) is 10.2. The molecular weight excluding hydrogens is 281 g/mol. The van der Waals surface area contributed by atoms with Crippen molar-refractivity contribution in [2.45, 2.75) is 36.7 Å². The molecular formula is C18H20FNS. The monoisotopic (exact) mass is 301 g/mol. The smallest absolute Gasteiger partial charge is 0.126 e. The molecule has 0 saturated carbocycles. The molecule has 0 spiro atoms. The van der Waals surface area contributed by atoms with Gasteiger partial charge < -0.3 is 5.32 Å². The van der Waals surface area contributed by atoms with Crippen LogP contribution in [0.25, 0.3) is 0 Å². The van der Waals surface area contributed by atoms with Gasteiger partial charge in [-0.05, 0) is 60.9 Å². The maximum atomic E-state index is 13.8. The van der Waals surface area contributed by atoms with Crippen molar-refractivity contribution in [1.29, 1.82) is 0 Å². The summed E-state index contributed by atoms with van der Waals surface area (Å²) in [5.74, 6) is -0.0613. The van der Waals surface area contributed by atoms with Gasteiger partial charge in [0.05, 0.1) is 0 Å². The third kappa shape index (κ3) is 2.99. The van der Waals surface area contributed by atoms with E-state index >= 15 is 0 Å². The maximum absolute atomic E-state index is 13.8. The first kappa shape index (κ1) is 14.6. The molecule has 1 N–H and O–H groups in total. The molecule has 0 aromatic heterocycles. The summed E-state index contributed by atoms with van der Waals surface area (Å²) in [7, 11) is 0. The lowest BCUT2D eigenvalue weighted by Crippen LogP contribution is -2.23.